The Labute approximate surface area is 207 Å². The number of carbonyl (C=O) groups is 1. The van der Waals surface area contributed by atoms with Crippen LogP contribution in [0.2, 0.25) is 0 Å². The van der Waals surface area contributed by atoms with E-state index in [1.807, 2.05) is 0 Å². The summed E-state index contributed by atoms with van der Waals surface area (Å²) in [5.41, 5.74) is -2.78. The average molecular weight is 518 g/mol. The van der Waals surface area contributed by atoms with Crippen LogP contribution in [0.4, 0.5) is 26.3 Å². The number of alkyl halides is 6. The Morgan fingerprint density at radius 2 is 1.38 bits per heavy atom. The lowest BCUT2D eigenvalue weighted by Crippen LogP contribution is -2.34. The minimum absolute atomic E-state index is 0.0257. The summed E-state index contributed by atoms with van der Waals surface area (Å²) in [5, 5.41) is 0.589. The van der Waals surface area contributed by atoms with Gasteiger partial charge in [-0.25, -0.2) is 0 Å². The Bertz CT molecular complexity index is 1510. The molecule has 0 aliphatic heterocycles. The topological polar surface area (TPSA) is 42.3 Å². The minimum Gasteiger partial charge on any atom is -0.337 e. The van der Waals surface area contributed by atoms with E-state index in [4.69, 9.17) is 0 Å². The SMILES string of the molecule is CN(Cc1cc(C(F)(F)F)cc(C(F)(F)F)c1)C(=O)c1c(-c2ccccc2)c2ccccc2n(C)c1=O. The summed E-state index contributed by atoms with van der Waals surface area (Å²) in [7, 11) is 2.71. The van der Waals surface area contributed by atoms with Gasteiger partial charge in [0.15, 0.2) is 0 Å². The quantitative estimate of drug-likeness (QED) is 0.289. The lowest BCUT2D eigenvalue weighted by atomic mass is 9.95. The zero-order valence-corrected chi connectivity index (χ0v) is 19.6. The van der Waals surface area contributed by atoms with Crippen LogP contribution in [-0.4, -0.2) is 22.4 Å². The molecule has 0 atom stereocenters. The van der Waals surface area contributed by atoms with Crippen molar-refractivity contribution >= 4 is 16.8 Å². The maximum Gasteiger partial charge on any atom is 0.416 e. The molecule has 1 heterocycles. The number of amides is 1. The third-order valence-corrected chi connectivity index (χ3v) is 5.99. The van der Waals surface area contributed by atoms with Gasteiger partial charge in [0, 0.05) is 31.6 Å². The van der Waals surface area contributed by atoms with E-state index in [2.05, 4.69) is 0 Å². The van der Waals surface area contributed by atoms with Crippen molar-refractivity contribution in [1.82, 2.24) is 9.47 Å². The molecule has 0 saturated carbocycles. The number of nitrogens with zero attached hydrogens (tertiary/aromatic N) is 2. The molecule has 4 rings (SSSR count). The van der Waals surface area contributed by atoms with Crippen molar-refractivity contribution in [2.45, 2.75) is 18.9 Å². The van der Waals surface area contributed by atoms with Crippen molar-refractivity contribution in [3.05, 3.63) is 105 Å². The van der Waals surface area contributed by atoms with Crippen LogP contribution in [0.5, 0.6) is 0 Å². The lowest BCUT2D eigenvalue weighted by molar-refractivity contribution is -0.143. The number of aromatic nitrogens is 1. The highest BCUT2D eigenvalue weighted by atomic mass is 19.4. The molecule has 0 fully saturated rings. The van der Waals surface area contributed by atoms with Gasteiger partial charge in [-0.15, -0.1) is 0 Å². The van der Waals surface area contributed by atoms with Gasteiger partial charge in [-0.05, 0) is 35.4 Å². The predicted octanol–water partition coefficient (Wildman–Crippen LogP) is 6.52. The molecule has 0 bridgehead atoms. The third kappa shape index (κ3) is 5.09. The molecule has 1 aromatic heterocycles. The maximum atomic E-state index is 13.6. The molecule has 0 N–H and O–H groups in total. The van der Waals surface area contributed by atoms with Gasteiger partial charge < -0.3 is 9.47 Å². The number of halogens is 6. The van der Waals surface area contributed by atoms with Gasteiger partial charge in [0.25, 0.3) is 11.5 Å². The van der Waals surface area contributed by atoms with E-state index < -0.39 is 41.5 Å². The Hall–Kier alpha value is -4.08. The van der Waals surface area contributed by atoms with Crippen molar-refractivity contribution in [3.63, 3.8) is 0 Å². The number of para-hydroxylation sites is 1. The summed E-state index contributed by atoms with van der Waals surface area (Å²) < 4.78 is 81.0. The van der Waals surface area contributed by atoms with Gasteiger partial charge >= 0.3 is 12.4 Å². The van der Waals surface area contributed by atoms with Crippen molar-refractivity contribution in [2.75, 3.05) is 7.05 Å². The van der Waals surface area contributed by atoms with Crippen LogP contribution in [0, 0.1) is 0 Å². The van der Waals surface area contributed by atoms with E-state index >= 15 is 0 Å². The van der Waals surface area contributed by atoms with Gasteiger partial charge in [0.05, 0.1) is 16.6 Å². The van der Waals surface area contributed by atoms with E-state index in [0.717, 1.165) is 4.90 Å². The number of carbonyl (C=O) groups excluding carboxylic acids is 1. The first kappa shape index (κ1) is 26.0. The van der Waals surface area contributed by atoms with Gasteiger partial charge in [-0.3, -0.25) is 9.59 Å². The molecule has 0 spiro atoms. The molecule has 4 aromatic rings. The summed E-state index contributed by atoms with van der Waals surface area (Å²) in [6, 6.07) is 16.7. The number of hydrogen-bond donors (Lipinski definition) is 0. The van der Waals surface area contributed by atoms with Crippen molar-refractivity contribution < 1.29 is 31.1 Å². The molecule has 0 saturated heterocycles. The summed E-state index contributed by atoms with van der Waals surface area (Å²) in [6.45, 7) is -0.587. The second-order valence-corrected chi connectivity index (χ2v) is 8.57. The molecule has 1 amide bonds. The smallest absolute Gasteiger partial charge is 0.337 e. The number of pyridine rings is 1. The predicted molar refractivity (Wildman–Crippen MR) is 127 cm³/mol. The van der Waals surface area contributed by atoms with Crippen LogP contribution < -0.4 is 5.56 Å². The Balaban J connectivity index is 1.85. The summed E-state index contributed by atoms with van der Waals surface area (Å²) >= 11 is 0. The third-order valence-electron chi connectivity index (χ3n) is 5.99. The number of hydrogen-bond acceptors (Lipinski definition) is 2. The average Bonchev–Trinajstić information content (AvgIpc) is 2.85. The van der Waals surface area contributed by atoms with Gasteiger partial charge in [0.1, 0.15) is 5.56 Å². The zero-order chi connectivity index (χ0) is 27.1. The number of rotatable bonds is 4. The van der Waals surface area contributed by atoms with Crippen molar-refractivity contribution in [1.29, 1.82) is 0 Å². The Morgan fingerprint density at radius 3 is 1.95 bits per heavy atom. The first-order valence-corrected chi connectivity index (χ1v) is 11.0. The number of aryl methyl sites for hydroxylation is 1. The summed E-state index contributed by atoms with van der Waals surface area (Å²) in [6.07, 6.45) is -10.0. The van der Waals surface area contributed by atoms with E-state index in [1.165, 1.54) is 18.7 Å². The second kappa shape index (κ2) is 9.42. The minimum atomic E-state index is -5.02. The summed E-state index contributed by atoms with van der Waals surface area (Å²) in [4.78, 5) is 27.9. The molecule has 3 aromatic carbocycles. The fourth-order valence-electron chi connectivity index (χ4n) is 4.25. The van der Waals surface area contributed by atoms with E-state index in [0.29, 0.717) is 34.2 Å². The monoisotopic (exact) mass is 518 g/mol. The van der Waals surface area contributed by atoms with Gasteiger partial charge in [-0.1, -0.05) is 48.5 Å². The maximum absolute atomic E-state index is 13.6. The van der Waals surface area contributed by atoms with Crippen molar-refractivity contribution in [2.24, 2.45) is 7.05 Å². The number of benzene rings is 3. The highest BCUT2D eigenvalue weighted by Crippen LogP contribution is 2.37. The molecule has 0 radical (unpaired) electrons. The fraction of sp³-hybridized carbons (Fsp3) is 0.185. The van der Waals surface area contributed by atoms with Crippen LogP contribution in [0.15, 0.2) is 77.6 Å². The highest BCUT2D eigenvalue weighted by Gasteiger charge is 2.37. The normalized spacial score (nSPS) is 12.1. The highest BCUT2D eigenvalue weighted by molar-refractivity contribution is 6.08. The van der Waals surface area contributed by atoms with Gasteiger partial charge in [-0.2, -0.15) is 26.3 Å². The van der Waals surface area contributed by atoms with Crippen LogP contribution in [-0.2, 0) is 25.9 Å². The first-order chi connectivity index (χ1) is 17.3. The molecule has 192 valence electrons. The van der Waals surface area contributed by atoms with E-state index in [1.54, 1.807) is 54.6 Å². The lowest BCUT2D eigenvalue weighted by Gasteiger charge is -2.22. The standard InChI is InChI=1S/C27H20F6N2O2/c1-34(15-16-12-18(26(28,29)30)14-19(13-16)27(31,32)33)24(36)23-22(17-8-4-3-5-9-17)20-10-6-7-11-21(20)35(2)25(23)37/h3-14H,15H2,1-2H3. The van der Waals surface area contributed by atoms with Crippen LogP contribution in [0.1, 0.15) is 27.0 Å². The van der Waals surface area contributed by atoms with E-state index in [9.17, 15) is 35.9 Å². The molecule has 10 heteroatoms. The molecular weight excluding hydrogens is 498 g/mol. The van der Waals surface area contributed by atoms with Crippen molar-refractivity contribution in [3.8, 4) is 11.1 Å². The van der Waals surface area contributed by atoms with E-state index in [-0.39, 0.29) is 17.2 Å². The molecule has 4 nitrogen and oxygen atoms in total. The first-order valence-electron chi connectivity index (χ1n) is 11.0. The second-order valence-electron chi connectivity index (χ2n) is 8.57. The molecule has 0 unspecified atom stereocenters. The van der Waals surface area contributed by atoms with Crippen LogP contribution in [0.25, 0.3) is 22.0 Å². The zero-order valence-electron chi connectivity index (χ0n) is 19.6. The largest absolute Gasteiger partial charge is 0.416 e. The fourth-order valence-corrected chi connectivity index (χ4v) is 4.25. The molecule has 0 aliphatic carbocycles. The van der Waals surface area contributed by atoms with Crippen LogP contribution >= 0.6 is 0 Å². The Morgan fingerprint density at radius 1 is 0.838 bits per heavy atom. The Kier molecular flexibility index (Phi) is 6.62. The molecule has 37 heavy (non-hydrogen) atoms. The molecule has 0 aliphatic rings. The number of fused-ring (bicyclic) bond motifs is 1. The van der Waals surface area contributed by atoms with Crippen LogP contribution in [0.3, 0.4) is 0 Å². The molecular formula is C27H20F6N2O2. The summed E-state index contributed by atoms with van der Waals surface area (Å²) in [5.74, 6) is -0.837. The van der Waals surface area contributed by atoms with Gasteiger partial charge in [0.2, 0.25) is 0 Å².